The first-order valence-electron chi connectivity index (χ1n) is 7.82. The van der Waals surface area contributed by atoms with Crippen LogP contribution in [-0.4, -0.2) is 29.6 Å². The van der Waals surface area contributed by atoms with E-state index in [9.17, 15) is 18.4 Å². The van der Waals surface area contributed by atoms with Gasteiger partial charge in [0.05, 0.1) is 17.7 Å². The molecule has 0 bridgehead atoms. The molecular formula is C18H14ClF2NO5. The van der Waals surface area contributed by atoms with Gasteiger partial charge in [-0.15, -0.1) is 0 Å². The van der Waals surface area contributed by atoms with Crippen LogP contribution in [0.25, 0.3) is 0 Å². The van der Waals surface area contributed by atoms with E-state index in [4.69, 9.17) is 26.2 Å². The van der Waals surface area contributed by atoms with Gasteiger partial charge in [0.2, 0.25) is 0 Å². The lowest BCUT2D eigenvalue weighted by atomic mass is 10.1. The van der Waals surface area contributed by atoms with Crippen LogP contribution >= 0.6 is 11.6 Å². The molecule has 1 amide bonds. The summed E-state index contributed by atoms with van der Waals surface area (Å²) < 4.78 is 38.8. The first kappa shape index (κ1) is 18.9. The Kier molecular flexibility index (Phi) is 4.93. The molecule has 0 saturated heterocycles. The molecule has 0 atom stereocenters. The van der Waals surface area contributed by atoms with E-state index in [1.54, 1.807) is 0 Å². The highest BCUT2D eigenvalue weighted by Crippen LogP contribution is 2.36. The molecule has 2 N–H and O–H groups in total. The van der Waals surface area contributed by atoms with Crippen LogP contribution < -0.4 is 14.8 Å². The molecule has 0 heterocycles. The summed E-state index contributed by atoms with van der Waals surface area (Å²) in [7, 11) is 1.43. The van der Waals surface area contributed by atoms with Crippen LogP contribution in [0, 0.1) is 11.6 Å². The summed E-state index contributed by atoms with van der Waals surface area (Å²) in [5, 5.41) is 11.5. The SMILES string of the molecule is COc1ccc(Oc2cc(F)c(C(=O)NC3(C(=O)O)CC3)cc2F)cc1Cl. The maximum atomic E-state index is 14.3. The number of halogens is 3. The zero-order valence-corrected chi connectivity index (χ0v) is 14.8. The lowest BCUT2D eigenvalue weighted by Gasteiger charge is -2.14. The van der Waals surface area contributed by atoms with Crippen LogP contribution in [0.3, 0.4) is 0 Å². The second-order valence-electron chi connectivity index (χ2n) is 6.00. The largest absolute Gasteiger partial charge is 0.495 e. The molecule has 2 aromatic carbocycles. The van der Waals surface area contributed by atoms with E-state index >= 15 is 0 Å². The van der Waals surface area contributed by atoms with Crippen molar-refractivity contribution in [3.63, 3.8) is 0 Å². The summed E-state index contributed by atoms with van der Waals surface area (Å²) in [5.74, 6) is -4.20. The van der Waals surface area contributed by atoms with E-state index in [0.29, 0.717) is 17.9 Å². The fraction of sp³-hybridized carbons (Fsp3) is 0.222. The molecule has 1 fully saturated rings. The number of ether oxygens (including phenoxy) is 2. The molecule has 6 nitrogen and oxygen atoms in total. The molecule has 0 radical (unpaired) electrons. The molecule has 1 saturated carbocycles. The highest BCUT2D eigenvalue weighted by molar-refractivity contribution is 6.32. The van der Waals surface area contributed by atoms with Gasteiger partial charge in [0.1, 0.15) is 22.9 Å². The van der Waals surface area contributed by atoms with Gasteiger partial charge in [0, 0.05) is 12.1 Å². The van der Waals surface area contributed by atoms with Crippen molar-refractivity contribution in [1.82, 2.24) is 5.32 Å². The lowest BCUT2D eigenvalue weighted by molar-refractivity contribution is -0.140. The van der Waals surface area contributed by atoms with E-state index in [1.165, 1.54) is 25.3 Å². The number of aliphatic carboxylic acids is 1. The number of nitrogens with one attached hydrogen (secondary N) is 1. The van der Waals surface area contributed by atoms with Crippen molar-refractivity contribution in [1.29, 1.82) is 0 Å². The van der Waals surface area contributed by atoms with Crippen molar-refractivity contribution >= 4 is 23.5 Å². The number of hydrogen-bond acceptors (Lipinski definition) is 4. The van der Waals surface area contributed by atoms with Gasteiger partial charge in [0.15, 0.2) is 11.6 Å². The summed E-state index contributed by atoms with van der Waals surface area (Å²) >= 11 is 5.95. The quantitative estimate of drug-likeness (QED) is 0.775. The van der Waals surface area contributed by atoms with Gasteiger partial charge in [-0.25, -0.2) is 13.6 Å². The van der Waals surface area contributed by atoms with Crippen molar-refractivity contribution < 1.29 is 33.0 Å². The number of methoxy groups -OCH3 is 1. The van der Waals surface area contributed by atoms with Crippen LogP contribution in [-0.2, 0) is 4.79 Å². The predicted molar refractivity (Wildman–Crippen MR) is 91.5 cm³/mol. The van der Waals surface area contributed by atoms with Crippen molar-refractivity contribution in [2.24, 2.45) is 0 Å². The molecule has 142 valence electrons. The number of benzene rings is 2. The highest BCUT2D eigenvalue weighted by atomic mass is 35.5. The molecule has 0 aliphatic heterocycles. The van der Waals surface area contributed by atoms with E-state index in [2.05, 4.69) is 5.32 Å². The molecule has 0 spiro atoms. The van der Waals surface area contributed by atoms with Crippen LogP contribution in [0.4, 0.5) is 8.78 Å². The molecule has 9 heteroatoms. The van der Waals surface area contributed by atoms with Gasteiger partial charge in [-0.05, 0) is 31.0 Å². The monoisotopic (exact) mass is 397 g/mol. The number of carboxylic acid groups (broad SMARTS) is 1. The normalized spacial score (nSPS) is 14.4. The Hall–Kier alpha value is -2.87. The average molecular weight is 398 g/mol. The Morgan fingerprint density at radius 3 is 2.41 bits per heavy atom. The van der Waals surface area contributed by atoms with Crippen LogP contribution in [0.5, 0.6) is 17.2 Å². The van der Waals surface area contributed by atoms with Gasteiger partial charge in [-0.2, -0.15) is 0 Å². The lowest BCUT2D eigenvalue weighted by Crippen LogP contribution is -2.43. The molecule has 0 aromatic heterocycles. The van der Waals surface area contributed by atoms with E-state index in [1.807, 2.05) is 0 Å². The number of carbonyl (C=O) groups excluding carboxylic acids is 1. The highest BCUT2D eigenvalue weighted by Gasteiger charge is 2.51. The fourth-order valence-corrected chi connectivity index (χ4v) is 2.67. The van der Waals surface area contributed by atoms with Gasteiger partial charge in [-0.3, -0.25) is 4.79 Å². The Morgan fingerprint density at radius 1 is 1.15 bits per heavy atom. The molecular weight excluding hydrogens is 384 g/mol. The Morgan fingerprint density at radius 2 is 1.85 bits per heavy atom. The number of carboxylic acids is 1. The molecule has 1 aliphatic carbocycles. The Balaban J connectivity index is 1.81. The molecule has 2 aromatic rings. The smallest absolute Gasteiger partial charge is 0.329 e. The van der Waals surface area contributed by atoms with Crippen LogP contribution in [0.1, 0.15) is 23.2 Å². The van der Waals surface area contributed by atoms with E-state index in [0.717, 1.165) is 0 Å². The van der Waals surface area contributed by atoms with Gasteiger partial charge in [0.25, 0.3) is 5.91 Å². The zero-order valence-electron chi connectivity index (χ0n) is 14.0. The number of rotatable bonds is 6. The Bertz CT molecular complexity index is 930. The zero-order chi connectivity index (χ0) is 19.8. The van der Waals surface area contributed by atoms with E-state index in [-0.39, 0.29) is 23.6 Å². The predicted octanol–water partition coefficient (Wildman–Crippen LogP) is 3.77. The summed E-state index contributed by atoms with van der Waals surface area (Å²) in [5.41, 5.74) is -2.02. The van der Waals surface area contributed by atoms with E-state index < -0.39 is 40.4 Å². The van der Waals surface area contributed by atoms with Crippen molar-refractivity contribution in [2.75, 3.05) is 7.11 Å². The summed E-state index contributed by atoms with van der Waals surface area (Å²) in [4.78, 5) is 23.2. The maximum absolute atomic E-state index is 14.3. The average Bonchev–Trinajstić information content (AvgIpc) is 3.39. The minimum absolute atomic E-state index is 0.138. The van der Waals surface area contributed by atoms with Gasteiger partial charge in [-0.1, -0.05) is 11.6 Å². The van der Waals surface area contributed by atoms with Gasteiger partial charge >= 0.3 is 5.97 Å². The minimum atomic E-state index is -1.41. The van der Waals surface area contributed by atoms with Crippen LogP contribution in [0.15, 0.2) is 30.3 Å². The third-order valence-corrected chi connectivity index (χ3v) is 4.42. The summed E-state index contributed by atoms with van der Waals surface area (Å²) in [6.07, 6.45) is 0.467. The summed E-state index contributed by atoms with van der Waals surface area (Å²) in [6, 6.07) is 5.68. The van der Waals surface area contributed by atoms with Crippen molar-refractivity contribution in [3.8, 4) is 17.2 Å². The first-order valence-corrected chi connectivity index (χ1v) is 8.20. The molecule has 3 rings (SSSR count). The maximum Gasteiger partial charge on any atom is 0.329 e. The third-order valence-electron chi connectivity index (χ3n) is 4.13. The third kappa shape index (κ3) is 3.80. The topological polar surface area (TPSA) is 84.9 Å². The number of amides is 1. The van der Waals surface area contributed by atoms with Gasteiger partial charge < -0.3 is 19.9 Å². The summed E-state index contributed by atoms with van der Waals surface area (Å²) in [6.45, 7) is 0. The standard InChI is InChI=1S/C18H14ClF2NO5/c1-26-14-3-2-9(6-11(14)19)27-15-8-12(20)10(7-13(15)21)16(23)22-18(4-5-18)17(24)25/h2-3,6-8H,4-5H2,1H3,(H,22,23)(H,24,25). The molecule has 1 aliphatic rings. The molecule has 0 unspecified atom stereocenters. The Labute approximate surface area is 157 Å². The second-order valence-corrected chi connectivity index (χ2v) is 6.41. The fourth-order valence-electron chi connectivity index (χ4n) is 2.42. The van der Waals surface area contributed by atoms with Crippen molar-refractivity contribution in [2.45, 2.75) is 18.4 Å². The second kappa shape index (κ2) is 7.03. The van der Waals surface area contributed by atoms with Crippen molar-refractivity contribution in [3.05, 3.63) is 52.6 Å². The number of carbonyl (C=O) groups is 2. The number of hydrogen-bond donors (Lipinski definition) is 2. The first-order chi connectivity index (χ1) is 12.8. The minimum Gasteiger partial charge on any atom is -0.495 e. The molecule has 27 heavy (non-hydrogen) atoms. The van der Waals surface area contributed by atoms with Crippen LogP contribution in [0.2, 0.25) is 5.02 Å².